The molecule has 0 bridgehead atoms. The number of hydrogen-bond acceptors (Lipinski definition) is 5. The standard InChI is InChI=1S/C16H21N5/c1-12-19-10-15(16(17)20-12)11-21-7-4-13(5-8-21)14-3-2-6-18-9-14/h2-3,6,9-10,13H,4-5,7-8,11H2,1H3,(H2,17,19,20). The van der Waals surface area contributed by atoms with Gasteiger partial charge in [0.2, 0.25) is 0 Å². The zero-order valence-corrected chi connectivity index (χ0v) is 12.4. The van der Waals surface area contributed by atoms with Crippen LogP contribution in [0, 0.1) is 6.92 Å². The quantitative estimate of drug-likeness (QED) is 0.934. The van der Waals surface area contributed by atoms with E-state index in [-0.39, 0.29) is 0 Å². The molecule has 3 rings (SSSR count). The number of aromatic nitrogens is 3. The van der Waals surface area contributed by atoms with Crippen LogP contribution in [0.4, 0.5) is 5.82 Å². The minimum atomic E-state index is 0.608. The number of piperidine rings is 1. The average Bonchev–Trinajstić information content (AvgIpc) is 2.52. The van der Waals surface area contributed by atoms with Crippen LogP contribution in [0.2, 0.25) is 0 Å². The lowest BCUT2D eigenvalue weighted by Crippen LogP contribution is -2.32. The van der Waals surface area contributed by atoms with E-state index < -0.39 is 0 Å². The van der Waals surface area contributed by atoms with Crippen LogP contribution in [-0.4, -0.2) is 32.9 Å². The fourth-order valence-corrected chi connectivity index (χ4v) is 2.92. The van der Waals surface area contributed by atoms with Crippen LogP contribution in [0.15, 0.2) is 30.7 Å². The highest BCUT2D eigenvalue weighted by atomic mass is 15.1. The molecule has 0 unspecified atom stereocenters. The number of nitrogens with two attached hydrogens (primary N) is 1. The smallest absolute Gasteiger partial charge is 0.131 e. The molecule has 0 aromatic carbocycles. The Kier molecular flexibility index (Phi) is 4.10. The second kappa shape index (κ2) is 6.18. The van der Waals surface area contributed by atoms with Crippen LogP contribution in [0.25, 0.3) is 0 Å². The first kappa shape index (κ1) is 13.9. The summed E-state index contributed by atoms with van der Waals surface area (Å²) in [6, 6.07) is 4.20. The van der Waals surface area contributed by atoms with E-state index in [1.54, 1.807) is 0 Å². The molecule has 1 aliphatic rings. The van der Waals surface area contributed by atoms with Crippen molar-refractivity contribution in [1.82, 2.24) is 19.9 Å². The third kappa shape index (κ3) is 3.36. The Morgan fingerprint density at radius 1 is 1.29 bits per heavy atom. The number of pyridine rings is 1. The molecule has 0 spiro atoms. The number of likely N-dealkylation sites (tertiary alicyclic amines) is 1. The van der Waals surface area contributed by atoms with Crippen molar-refractivity contribution < 1.29 is 0 Å². The minimum Gasteiger partial charge on any atom is -0.383 e. The Morgan fingerprint density at radius 3 is 2.76 bits per heavy atom. The Morgan fingerprint density at radius 2 is 2.10 bits per heavy atom. The average molecular weight is 283 g/mol. The van der Waals surface area contributed by atoms with Crippen LogP contribution in [0.1, 0.15) is 35.7 Å². The molecule has 0 atom stereocenters. The van der Waals surface area contributed by atoms with Crippen molar-refractivity contribution in [2.45, 2.75) is 32.2 Å². The van der Waals surface area contributed by atoms with E-state index in [1.165, 1.54) is 5.56 Å². The molecule has 1 aliphatic heterocycles. The van der Waals surface area contributed by atoms with Gasteiger partial charge in [-0.15, -0.1) is 0 Å². The van der Waals surface area contributed by atoms with Crippen LogP contribution in [0.5, 0.6) is 0 Å². The van der Waals surface area contributed by atoms with Crippen molar-refractivity contribution in [3.8, 4) is 0 Å². The van der Waals surface area contributed by atoms with E-state index in [2.05, 4.69) is 25.9 Å². The van der Waals surface area contributed by atoms with Crippen molar-refractivity contribution in [2.24, 2.45) is 0 Å². The molecule has 0 amide bonds. The van der Waals surface area contributed by atoms with Gasteiger partial charge < -0.3 is 5.73 Å². The third-order valence-electron chi connectivity index (χ3n) is 4.16. The fourth-order valence-electron chi connectivity index (χ4n) is 2.92. The highest BCUT2D eigenvalue weighted by molar-refractivity contribution is 5.37. The van der Waals surface area contributed by atoms with E-state index in [0.717, 1.165) is 43.9 Å². The van der Waals surface area contributed by atoms with Gasteiger partial charge in [0.25, 0.3) is 0 Å². The fraction of sp³-hybridized carbons (Fsp3) is 0.438. The van der Waals surface area contributed by atoms with Crippen molar-refractivity contribution in [3.63, 3.8) is 0 Å². The molecule has 21 heavy (non-hydrogen) atoms. The van der Waals surface area contributed by atoms with Crippen molar-refractivity contribution in [2.75, 3.05) is 18.8 Å². The van der Waals surface area contributed by atoms with Gasteiger partial charge in [-0.2, -0.15) is 0 Å². The molecule has 2 aromatic heterocycles. The van der Waals surface area contributed by atoms with Gasteiger partial charge in [0.1, 0.15) is 11.6 Å². The zero-order chi connectivity index (χ0) is 14.7. The summed E-state index contributed by atoms with van der Waals surface area (Å²) in [5.41, 5.74) is 8.36. The van der Waals surface area contributed by atoms with Gasteiger partial charge in [-0.25, -0.2) is 9.97 Å². The predicted molar refractivity (Wildman–Crippen MR) is 82.7 cm³/mol. The van der Waals surface area contributed by atoms with Crippen LogP contribution in [-0.2, 0) is 6.54 Å². The van der Waals surface area contributed by atoms with E-state index in [1.807, 2.05) is 31.6 Å². The normalized spacial score (nSPS) is 17.0. The molecule has 0 aliphatic carbocycles. The molecule has 1 saturated heterocycles. The Bertz CT molecular complexity index is 591. The van der Waals surface area contributed by atoms with E-state index in [0.29, 0.717) is 11.7 Å². The van der Waals surface area contributed by atoms with Crippen molar-refractivity contribution >= 4 is 5.82 Å². The van der Waals surface area contributed by atoms with E-state index >= 15 is 0 Å². The molecule has 0 saturated carbocycles. The summed E-state index contributed by atoms with van der Waals surface area (Å²) in [7, 11) is 0. The van der Waals surface area contributed by atoms with Crippen molar-refractivity contribution in [1.29, 1.82) is 0 Å². The van der Waals surface area contributed by atoms with Gasteiger partial charge in [-0.05, 0) is 50.4 Å². The number of nitrogens with zero attached hydrogens (tertiary/aromatic N) is 4. The molecule has 5 nitrogen and oxygen atoms in total. The van der Waals surface area contributed by atoms with Crippen LogP contribution >= 0.6 is 0 Å². The second-order valence-corrected chi connectivity index (χ2v) is 5.66. The number of anilines is 1. The summed E-state index contributed by atoms with van der Waals surface area (Å²) in [4.78, 5) is 15.1. The second-order valence-electron chi connectivity index (χ2n) is 5.66. The first-order valence-electron chi connectivity index (χ1n) is 7.42. The maximum Gasteiger partial charge on any atom is 0.131 e. The summed E-state index contributed by atoms with van der Waals surface area (Å²) in [6.45, 7) is 4.85. The summed E-state index contributed by atoms with van der Waals surface area (Å²) in [5.74, 6) is 1.96. The molecule has 2 aromatic rings. The zero-order valence-electron chi connectivity index (χ0n) is 12.4. The van der Waals surface area contributed by atoms with Gasteiger partial charge in [0.15, 0.2) is 0 Å². The third-order valence-corrected chi connectivity index (χ3v) is 4.16. The predicted octanol–water partition coefficient (Wildman–Crippen LogP) is 2.14. The lowest BCUT2D eigenvalue weighted by molar-refractivity contribution is 0.204. The maximum absolute atomic E-state index is 5.97. The van der Waals surface area contributed by atoms with Gasteiger partial charge in [-0.3, -0.25) is 9.88 Å². The minimum absolute atomic E-state index is 0.608. The number of rotatable bonds is 3. The number of nitrogen functional groups attached to an aromatic ring is 1. The van der Waals surface area contributed by atoms with E-state index in [9.17, 15) is 0 Å². The summed E-state index contributed by atoms with van der Waals surface area (Å²) < 4.78 is 0. The summed E-state index contributed by atoms with van der Waals surface area (Å²) >= 11 is 0. The summed E-state index contributed by atoms with van der Waals surface area (Å²) in [6.07, 6.45) is 8.01. The topological polar surface area (TPSA) is 67.9 Å². The monoisotopic (exact) mass is 283 g/mol. The Balaban J connectivity index is 1.59. The lowest BCUT2D eigenvalue weighted by atomic mass is 9.90. The molecular weight excluding hydrogens is 262 g/mol. The lowest BCUT2D eigenvalue weighted by Gasteiger charge is -2.32. The highest BCUT2D eigenvalue weighted by Crippen LogP contribution is 2.28. The van der Waals surface area contributed by atoms with E-state index in [4.69, 9.17) is 5.73 Å². The van der Waals surface area contributed by atoms with Gasteiger partial charge in [0, 0.05) is 30.7 Å². The molecule has 2 N–H and O–H groups in total. The van der Waals surface area contributed by atoms with Crippen LogP contribution in [0.3, 0.4) is 0 Å². The largest absolute Gasteiger partial charge is 0.383 e. The van der Waals surface area contributed by atoms with Crippen molar-refractivity contribution in [3.05, 3.63) is 47.7 Å². The number of aryl methyl sites for hydroxylation is 1. The molecule has 0 radical (unpaired) electrons. The summed E-state index contributed by atoms with van der Waals surface area (Å²) in [5, 5.41) is 0. The molecule has 110 valence electrons. The first-order valence-corrected chi connectivity index (χ1v) is 7.42. The Labute approximate surface area is 125 Å². The molecule has 1 fully saturated rings. The molecule has 3 heterocycles. The van der Waals surface area contributed by atoms with Gasteiger partial charge in [-0.1, -0.05) is 6.07 Å². The highest BCUT2D eigenvalue weighted by Gasteiger charge is 2.21. The van der Waals surface area contributed by atoms with Crippen LogP contribution < -0.4 is 5.73 Å². The molecule has 5 heteroatoms. The maximum atomic E-state index is 5.97. The van der Waals surface area contributed by atoms with Gasteiger partial charge in [0.05, 0.1) is 0 Å². The molecular formula is C16H21N5. The first-order chi connectivity index (χ1) is 10.2. The SMILES string of the molecule is Cc1ncc(CN2CCC(c3cccnc3)CC2)c(N)n1. The Hall–Kier alpha value is -2.01. The number of hydrogen-bond donors (Lipinski definition) is 1. The van der Waals surface area contributed by atoms with Gasteiger partial charge >= 0.3 is 0 Å².